The topological polar surface area (TPSA) is 89.3 Å². The number of nitrogens with one attached hydrogen (secondary N) is 2. The Morgan fingerprint density at radius 1 is 1.32 bits per heavy atom. The number of furan rings is 1. The van der Waals surface area contributed by atoms with Gasteiger partial charge in [-0.2, -0.15) is 0 Å². The average molecular weight is 360 g/mol. The van der Waals surface area contributed by atoms with Gasteiger partial charge in [0.25, 0.3) is 0 Å². The van der Waals surface area contributed by atoms with Gasteiger partial charge in [0.05, 0.1) is 23.1 Å². The van der Waals surface area contributed by atoms with Crippen molar-refractivity contribution in [2.45, 2.75) is 13.8 Å². The van der Waals surface area contributed by atoms with E-state index in [0.717, 1.165) is 15.9 Å². The van der Waals surface area contributed by atoms with E-state index in [2.05, 4.69) is 20.6 Å². The van der Waals surface area contributed by atoms with E-state index in [0.29, 0.717) is 37.3 Å². The quantitative estimate of drug-likeness (QED) is 0.624. The Bertz CT molecular complexity index is 830. The summed E-state index contributed by atoms with van der Waals surface area (Å²) in [4.78, 5) is 20.5. The summed E-state index contributed by atoms with van der Waals surface area (Å²) in [5.74, 6) is 1.51. The van der Waals surface area contributed by atoms with Crippen molar-refractivity contribution in [3.05, 3.63) is 29.8 Å². The van der Waals surface area contributed by atoms with Crippen LogP contribution in [-0.4, -0.2) is 35.8 Å². The van der Waals surface area contributed by atoms with Gasteiger partial charge in [-0.05, 0) is 29.5 Å². The first-order chi connectivity index (χ1) is 12.1. The molecule has 2 N–H and O–H groups in total. The van der Waals surface area contributed by atoms with Gasteiger partial charge < -0.3 is 19.8 Å². The van der Waals surface area contributed by atoms with E-state index >= 15 is 0 Å². The maximum atomic E-state index is 11.5. The number of carbonyl (C=O) groups excluding carboxylic acids is 1. The van der Waals surface area contributed by atoms with E-state index < -0.39 is 6.09 Å². The number of thiophene rings is 1. The van der Waals surface area contributed by atoms with Crippen molar-refractivity contribution < 1.29 is 13.9 Å². The van der Waals surface area contributed by atoms with Crippen LogP contribution in [-0.2, 0) is 4.74 Å². The predicted octanol–water partition coefficient (Wildman–Crippen LogP) is 3.75. The molecule has 3 aromatic rings. The molecule has 0 aliphatic heterocycles. The van der Waals surface area contributed by atoms with Crippen LogP contribution in [0.2, 0.25) is 0 Å². The summed E-state index contributed by atoms with van der Waals surface area (Å²) < 4.78 is 11.5. The second-order valence-electron chi connectivity index (χ2n) is 5.85. The number of amides is 1. The van der Waals surface area contributed by atoms with E-state index in [1.165, 1.54) is 0 Å². The van der Waals surface area contributed by atoms with Gasteiger partial charge in [-0.15, -0.1) is 11.3 Å². The van der Waals surface area contributed by atoms with Crippen molar-refractivity contribution in [2.24, 2.45) is 5.92 Å². The lowest BCUT2D eigenvalue weighted by molar-refractivity contribution is 0.133. The first-order valence-corrected chi connectivity index (χ1v) is 8.95. The summed E-state index contributed by atoms with van der Waals surface area (Å²) in [6.07, 6.45) is 1.21. The lowest BCUT2D eigenvalue weighted by Crippen LogP contribution is -2.30. The fourth-order valence-electron chi connectivity index (χ4n) is 2.16. The highest BCUT2D eigenvalue weighted by atomic mass is 32.1. The third kappa shape index (κ3) is 4.48. The second-order valence-corrected chi connectivity index (χ2v) is 6.77. The molecule has 0 saturated heterocycles. The lowest BCUT2D eigenvalue weighted by atomic mass is 10.2. The van der Waals surface area contributed by atoms with Gasteiger partial charge in [0.1, 0.15) is 5.69 Å². The monoisotopic (exact) mass is 360 g/mol. The van der Waals surface area contributed by atoms with Crippen molar-refractivity contribution in [3.8, 4) is 11.5 Å². The molecule has 3 rings (SSSR count). The number of ether oxygens (including phenoxy) is 1. The summed E-state index contributed by atoms with van der Waals surface area (Å²) in [5, 5.41) is 7.78. The highest BCUT2D eigenvalue weighted by Gasteiger charge is 2.13. The van der Waals surface area contributed by atoms with Gasteiger partial charge in [0, 0.05) is 13.1 Å². The van der Waals surface area contributed by atoms with Crippen LogP contribution in [0.1, 0.15) is 13.8 Å². The minimum atomic E-state index is -0.416. The maximum absolute atomic E-state index is 11.5. The molecule has 1 amide bonds. The molecule has 3 heterocycles. The summed E-state index contributed by atoms with van der Waals surface area (Å²) in [7, 11) is 0. The zero-order valence-electron chi connectivity index (χ0n) is 14.1. The minimum absolute atomic E-state index is 0.314. The van der Waals surface area contributed by atoms with Gasteiger partial charge in [0.2, 0.25) is 5.95 Å². The summed E-state index contributed by atoms with van der Waals surface area (Å²) >= 11 is 1.57. The van der Waals surface area contributed by atoms with E-state index in [1.54, 1.807) is 17.6 Å². The number of nitrogens with zero attached hydrogens (tertiary/aromatic N) is 2. The molecule has 3 aromatic heterocycles. The number of alkyl carbamates (subject to hydrolysis) is 1. The Balaban J connectivity index is 1.60. The largest absolute Gasteiger partial charge is 0.463 e. The van der Waals surface area contributed by atoms with Gasteiger partial charge in [0.15, 0.2) is 5.76 Å². The van der Waals surface area contributed by atoms with Crippen LogP contribution in [0, 0.1) is 5.92 Å². The predicted molar refractivity (Wildman–Crippen MR) is 97.8 cm³/mol. The first kappa shape index (κ1) is 17.2. The molecule has 7 nitrogen and oxygen atoms in total. The third-order valence-corrected chi connectivity index (χ3v) is 4.19. The van der Waals surface area contributed by atoms with Crippen LogP contribution < -0.4 is 10.6 Å². The van der Waals surface area contributed by atoms with Crippen molar-refractivity contribution in [1.82, 2.24) is 15.3 Å². The maximum Gasteiger partial charge on any atom is 0.407 e. The Labute approximate surface area is 149 Å². The zero-order valence-corrected chi connectivity index (χ0v) is 14.9. The molecule has 25 heavy (non-hydrogen) atoms. The molecule has 0 aliphatic rings. The van der Waals surface area contributed by atoms with Crippen LogP contribution in [0.15, 0.2) is 34.3 Å². The van der Waals surface area contributed by atoms with Crippen molar-refractivity contribution in [2.75, 3.05) is 25.0 Å². The number of rotatable bonds is 7. The highest BCUT2D eigenvalue weighted by molar-refractivity contribution is 7.17. The number of fused-ring (bicyclic) bond motifs is 1. The van der Waals surface area contributed by atoms with E-state index in [-0.39, 0.29) is 0 Å². The lowest BCUT2D eigenvalue weighted by Gasteiger charge is -2.10. The molecule has 0 fully saturated rings. The van der Waals surface area contributed by atoms with Crippen molar-refractivity contribution in [3.63, 3.8) is 0 Å². The molecule has 0 unspecified atom stereocenters. The molecule has 0 saturated carbocycles. The standard InChI is InChI=1S/C17H20N4O3S/c1-11(2)10-24-17(22)19-7-6-18-16-20-12-5-9-25-15(12)14(21-16)13-4-3-8-23-13/h3-5,8-9,11H,6-7,10H2,1-2H3,(H,19,22)(H,18,20,21). The average Bonchev–Trinajstić information content (AvgIpc) is 3.27. The summed E-state index contributed by atoms with van der Waals surface area (Å²) in [6, 6.07) is 5.65. The van der Waals surface area contributed by atoms with Crippen LogP contribution in [0.5, 0.6) is 0 Å². The molecule has 132 valence electrons. The molecule has 0 aliphatic carbocycles. The number of hydrogen-bond donors (Lipinski definition) is 2. The van der Waals surface area contributed by atoms with Crippen LogP contribution >= 0.6 is 11.3 Å². The zero-order chi connectivity index (χ0) is 17.6. The molecule has 8 heteroatoms. The number of anilines is 1. The minimum Gasteiger partial charge on any atom is -0.463 e. The van der Waals surface area contributed by atoms with Crippen LogP contribution in [0.25, 0.3) is 21.7 Å². The molecular weight excluding hydrogens is 340 g/mol. The van der Waals surface area contributed by atoms with E-state index in [1.807, 2.05) is 37.4 Å². The van der Waals surface area contributed by atoms with Gasteiger partial charge >= 0.3 is 6.09 Å². The van der Waals surface area contributed by atoms with Crippen LogP contribution in [0.3, 0.4) is 0 Å². The third-order valence-electron chi connectivity index (χ3n) is 3.28. The summed E-state index contributed by atoms with van der Waals surface area (Å²) in [5.41, 5.74) is 1.62. The number of carbonyl (C=O) groups is 1. The fraction of sp³-hybridized carbons (Fsp3) is 0.353. The Morgan fingerprint density at radius 3 is 2.96 bits per heavy atom. The van der Waals surface area contributed by atoms with Crippen molar-refractivity contribution in [1.29, 1.82) is 0 Å². The molecule has 0 aromatic carbocycles. The first-order valence-electron chi connectivity index (χ1n) is 8.07. The fourth-order valence-corrected chi connectivity index (χ4v) is 2.98. The highest BCUT2D eigenvalue weighted by Crippen LogP contribution is 2.31. The van der Waals surface area contributed by atoms with Gasteiger partial charge in [-0.1, -0.05) is 13.8 Å². The van der Waals surface area contributed by atoms with Gasteiger partial charge in [-0.25, -0.2) is 14.8 Å². The summed E-state index contributed by atoms with van der Waals surface area (Å²) in [6.45, 7) is 5.29. The molecule has 0 bridgehead atoms. The normalized spacial score (nSPS) is 11.0. The molecule has 0 spiro atoms. The smallest absolute Gasteiger partial charge is 0.407 e. The molecule has 0 atom stereocenters. The van der Waals surface area contributed by atoms with Crippen LogP contribution in [0.4, 0.5) is 10.7 Å². The van der Waals surface area contributed by atoms with E-state index in [9.17, 15) is 4.79 Å². The SMILES string of the molecule is CC(C)COC(=O)NCCNc1nc(-c2ccco2)c2sccc2n1. The molecular formula is C17H20N4O3S. The Morgan fingerprint density at radius 2 is 2.20 bits per heavy atom. The molecule has 0 radical (unpaired) electrons. The Kier molecular flexibility index (Phi) is 5.49. The Hall–Kier alpha value is -2.61. The number of hydrogen-bond acceptors (Lipinski definition) is 7. The second kappa shape index (κ2) is 7.98. The van der Waals surface area contributed by atoms with Gasteiger partial charge in [-0.3, -0.25) is 0 Å². The van der Waals surface area contributed by atoms with Crippen molar-refractivity contribution >= 4 is 33.6 Å². The van der Waals surface area contributed by atoms with E-state index in [4.69, 9.17) is 9.15 Å². The number of aromatic nitrogens is 2.